The second kappa shape index (κ2) is 16.4. The van der Waals surface area contributed by atoms with E-state index in [9.17, 15) is 18.0 Å². The van der Waals surface area contributed by atoms with Crippen LogP contribution in [-0.2, 0) is 32.6 Å². The summed E-state index contributed by atoms with van der Waals surface area (Å²) in [6.45, 7) is 3.20. The molecule has 4 aromatic carbocycles. The van der Waals surface area contributed by atoms with Crippen molar-refractivity contribution in [2.45, 2.75) is 75.9 Å². The van der Waals surface area contributed by atoms with Crippen LogP contribution in [0, 0.1) is 13.8 Å². The van der Waals surface area contributed by atoms with Gasteiger partial charge in [0.2, 0.25) is 11.8 Å². The Bertz CT molecular complexity index is 1840. The molecule has 10 heteroatoms. The number of nitrogens with one attached hydrogen (secondary N) is 1. The van der Waals surface area contributed by atoms with Gasteiger partial charge in [-0.05, 0) is 79.8 Å². The number of methoxy groups -OCH3 is 1. The van der Waals surface area contributed by atoms with Gasteiger partial charge < -0.3 is 15.0 Å². The second-order valence-corrected chi connectivity index (χ2v) is 14.9. The van der Waals surface area contributed by atoms with E-state index in [4.69, 9.17) is 16.3 Å². The van der Waals surface area contributed by atoms with Crippen LogP contribution in [0.4, 0.5) is 5.69 Å². The molecule has 0 bridgehead atoms. The first-order chi connectivity index (χ1) is 23.5. The molecule has 1 atom stereocenters. The lowest BCUT2D eigenvalue weighted by atomic mass is 9.94. The van der Waals surface area contributed by atoms with Crippen LogP contribution in [0.3, 0.4) is 0 Å². The molecule has 1 aliphatic carbocycles. The van der Waals surface area contributed by atoms with Crippen LogP contribution in [0.25, 0.3) is 0 Å². The van der Waals surface area contributed by atoms with E-state index in [1.165, 1.54) is 17.0 Å². The topological polar surface area (TPSA) is 96.0 Å². The first kappa shape index (κ1) is 36.0. The molecular weight excluding hydrogens is 658 g/mol. The highest BCUT2D eigenvalue weighted by atomic mass is 35.5. The number of hydrogen-bond acceptors (Lipinski definition) is 5. The number of benzene rings is 4. The summed E-state index contributed by atoms with van der Waals surface area (Å²) in [4.78, 5) is 30.6. The molecular formula is C39H44ClN3O5S. The van der Waals surface area contributed by atoms with Crippen molar-refractivity contribution in [1.82, 2.24) is 10.2 Å². The Morgan fingerprint density at radius 3 is 2.24 bits per heavy atom. The Morgan fingerprint density at radius 1 is 0.878 bits per heavy atom. The highest BCUT2D eigenvalue weighted by molar-refractivity contribution is 7.92. The fourth-order valence-corrected chi connectivity index (χ4v) is 7.75. The summed E-state index contributed by atoms with van der Waals surface area (Å²) in [5.74, 6) is -0.192. The first-order valence-electron chi connectivity index (χ1n) is 16.7. The van der Waals surface area contributed by atoms with E-state index in [1.54, 1.807) is 37.4 Å². The molecule has 0 unspecified atom stereocenters. The van der Waals surface area contributed by atoms with Crippen LogP contribution in [0.2, 0.25) is 5.02 Å². The van der Waals surface area contributed by atoms with Gasteiger partial charge in [0.15, 0.2) is 0 Å². The van der Waals surface area contributed by atoms with Gasteiger partial charge in [-0.2, -0.15) is 0 Å². The third-order valence-electron chi connectivity index (χ3n) is 9.04. The van der Waals surface area contributed by atoms with Crippen LogP contribution < -0.4 is 14.4 Å². The Morgan fingerprint density at radius 2 is 1.57 bits per heavy atom. The number of amides is 2. The van der Waals surface area contributed by atoms with Gasteiger partial charge >= 0.3 is 0 Å². The number of aryl methyl sites for hydroxylation is 2. The summed E-state index contributed by atoms with van der Waals surface area (Å²) in [6, 6.07) is 27.4. The zero-order chi connectivity index (χ0) is 35.0. The molecule has 8 nitrogen and oxygen atoms in total. The van der Waals surface area contributed by atoms with Crippen molar-refractivity contribution < 1.29 is 22.7 Å². The van der Waals surface area contributed by atoms with Crippen molar-refractivity contribution in [3.8, 4) is 5.75 Å². The predicted octanol–water partition coefficient (Wildman–Crippen LogP) is 7.25. The van der Waals surface area contributed by atoms with E-state index >= 15 is 0 Å². The van der Waals surface area contributed by atoms with Crippen molar-refractivity contribution in [2.24, 2.45) is 0 Å². The van der Waals surface area contributed by atoms with Crippen molar-refractivity contribution in [3.05, 3.63) is 124 Å². The molecule has 0 radical (unpaired) electrons. The standard InChI is InChI=1S/C39H44ClN3O5S/c1-28-17-21-35(22-18-28)49(46,47)43(33-20-19-29(2)36(40)25-33)27-38(44)42(26-31-13-10-16-34(23-31)48-3)37(24-30-11-6-4-7-12-30)39(45)41-32-14-8-5-9-15-32/h4,6-7,10-13,16-23,25,32,37H,5,8-9,14-15,24,26-27H2,1-3H3,(H,41,45)/t37-/m0/s1. The second-order valence-electron chi connectivity index (χ2n) is 12.7. The van der Waals surface area contributed by atoms with Crippen LogP contribution in [0.15, 0.2) is 102 Å². The molecule has 258 valence electrons. The van der Waals surface area contributed by atoms with Crippen molar-refractivity contribution in [2.75, 3.05) is 18.0 Å². The minimum Gasteiger partial charge on any atom is -0.497 e. The number of ether oxygens (including phenoxy) is 1. The molecule has 0 heterocycles. The van der Waals surface area contributed by atoms with Gasteiger partial charge in [0.05, 0.1) is 17.7 Å². The van der Waals surface area contributed by atoms with E-state index < -0.39 is 28.5 Å². The zero-order valence-corrected chi connectivity index (χ0v) is 29.8. The van der Waals surface area contributed by atoms with Crippen LogP contribution in [0.1, 0.15) is 54.4 Å². The maximum atomic E-state index is 14.8. The van der Waals surface area contributed by atoms with Crippen LogP contribution in [0.5, 0.6) is 5.75 Å². The summed E-state index contributed by atoms with van der Waals surface area (Å²) in [6.07, 6.45) is 5.21. The summed E-state index contributed by atoms with van der Waals surface area (Å²) >= 11 is 6.50. The predicted molar refractivity (Wildman–Crippen MR) is 194 cm³/mol. The van der Waals surface area contributed by atoms with Gasteiger partial charge in [-0.1, -0.05) is 97.1 Å². The number of sulfonamides is 1. The molecule has 0 aliphatic heterocycles. The normalized spacial score (nSPS) is 14.1. The van der Waals surface area contributed by atoms with E-state index in [0.717, 1.165) is 58.7 Å². The highest BCUT2D eigenvalue weighted by Gasteiger charge is 2.35. The van der Waals surface area contributed by atoms with Gasteiger partial charge in [-0.3, -0.25) is 13.9 Å². The smallest absolute Gasteiger partial charge is 0.264 e. The van der Waals surface area contributed by atoms with Gasteiger partial charge in [0.25, 0.3) is 10.0 Å². The molecule has 1 N–H and O–H groups in total. The molecule has 49 heavy (non-hydrogen) atoms. The van der Waals surface area contributed by atoms with Crippen molar-refractivity contribution in [1.29, 1.82) is 0 Å². The van der Waals surface area contributed by atoms with E-state index in [-0.39, 0.29) is 35.5 Å². The lowest BCUT2D eigenvalue weighted by Gasteiger charge is -2.35. The van der Waals surface area contributed by atoms with Crippen LogP contribution >= 0.6 is 11.6 Å². The monoisotopic (exact) mass is 701 g/mol. The number of rotatable bonds is 13. The minimum absolute atomic E-state index is 0.0152. The molecule has 5 rings (SSSR count). The fraction of sp³-hybridized carbons (Fsp3) is 0.333. The first-order valence-corrected chi connectivity index (χ1v) is 18.5. The van der Waals surface area contributed by atoms with Gasteiger partial charge in [0, 0.05) is 24.0 Å². The number of halogens is 1. The number of carbonyl (C=O) groups is 2. The molecule has 0 spiro atoms. The largest absolute Gasteiger partial charge is 0.497 e. The summed E-state index contributed by atoms with van der Waals surface area (Å²) in [5.41, 5.74) is 3.53. The molecule has 1 aliphatic rings. The Kier molecular flexibility index (Phi) is 12.0. The lowest BCUT2D eigenvalue weighted by molar-refractivity contribution is -0.140. The zero-order valence-electron chi connectivity index (χ0n) is 28.3. The SMILES string of the molecule is COc1cccc(CN(C(=O)CN(c2ccc(C)c(Cl)c2)S(=O)(=O)c2ccc(C)cc2)[C@@H](Cc2ccccc2)C(=O)NC2CCCCC2)c1. The van der Waals surface area contributed by atoms with Gasteiger partial charge in [-0.25, -0.2) is 8.42 Å². The van der Waals surface area contributed by atoms with E-state index in [2.05, 4.69) is 5.32 Å². The molecule has 1 fully saturated rings. The number of nitrogens with zero attached hydrogens (tertiary/aromatic N) is 2. The quantitative estimate of drug-likeness (QED) is 0.159. The maximum absolute atomic E-state index is 14.8. The lowest BCUT2D eigenvalue weighted by Crippen LogP contribution is -2.55. The van der Waals surface area contributed by atoms with Gasteiger partial charge in [0.1, 0.15) is 18.3 Å². The highest BCUT2D eigenvalue weighted by Crippen LogP contribution is 2.29. The summed E-state index contributed by atoms with van der Waals surface area (Å²) in [7, 11) is -2.67. The Hall–Kier alpha value is -4.34. The van der Waals surface area contributed by atoms with E-state index in [1.807, 2.05) is 68.4 Å². The minimum atomic E-state index is -4.23. The molecule has 4 aromatic rings. The number of anilines is 1. The Balaban J connectivity index is 1.58. The van der Waals surface area contributed by atoms with Crippen LogP contribution in [-0.4, -0.2) is 50.9 Å². The molecule has 0 saturated heterocycles. The van der Waals surface area contributed by atoms with E-state index in [0.29, 0.717) is 10.8 Å². The summed E-state index contributed by atoms with van der Waals surface area (Å²) < 4.78 is 35.2. The van der Waals surface area contributed by atoms with Gasteiger partial charge in [-0.15, -0.1) is 0 Å². The third kappa shape index (κ3) is 9.22. The number of carbonyl (C=O) groups excluding carboxylic acids is 2. The average Bonchev–Trinajstić information content (AvgIpc) is 3.11. The van der Waals surface area contributed by atoms with Crippen molar-refractivity contribution >= 4 is 39.1 Å². The Labute approximate surface area is 295 Å². The number of hydrogen-bond donors (Lipinski definition) is 1. The third-order valence-corrected chi connectivity index (χ3v) is 11.2. The molecule has 1 saturated carbocycles. The molecule has 0 aromatic heterocycles. The maximum Gasteiger partial charge on any atom is 0.264 e. The molecule has 2 amide bonds. The average molecular weight is 702 g/mol. The summed E-state index contributed by atoms with van der Waals surface area (Å²) in [5, 5.41) is 3.61. The fourth-order valence-electron chi connectivity index (χ4n) is 6.17. The van der Waals surface area contributed by atoms with Crippen molar-refractivity contribution in [3.63, 3.8) is 0 Å².